The average Bonchev–Trinajstić information content (AvgIpc) is 3.53. The van der Waals surface area contributed by atoms with Crippen LogP contribution in [0, 0.1) is 0 Å². The lowest BCUT2D eigenvalue weighted by Crippen LogP contribution is -2.28. The molecule has 53 heavy (non-hydrogen) atoms. The second-order valence-corrected chi connectivity index (χ2v) is 13.8. The van der Waals surface area contributed by atoms with E-state index in [1.165, 1.54) is 44.2 Å². The third kappa shape index (κ3) is 5.79. The van der Waals surface area contributed by atoms with E-state index in [9.17, 15) is 0 Å². The highest BCUT2D eigenvalue weighted by molar-refractivity contribution is 5.92. The zero-order chi connectivity index (χ0) is 35.8. The van der Waals surface area contributed by atoms with Crippen molar-refractivity contribution in [3.05, 3.63) is 228 Å². The molecule has 8 aromatic carbocycles. The maximum Gasteiger partial charge on any atom is 0.120 e. The molecule has 0 radical (unpaired) electrons. The molecule has 0 amide bonds. The van der Waals surface area contributed by atoms with E-state index in [-0.39, 0.29) is 0 Å². The Balaban J connectivity index is 1.10. The first-order valence-electron chi connectivity index (χ1n) is 18.1. The zero-order valence-corrected chi connectivity index (χ0v) is 29.5. The van der Waals surface area contributed by atoms with Gasteiger partial charge < -0.3 is 9.47 Å². The van der Waals surface area contributed by atoms with Crippen molar-refractivity contribution in [1.82, 2.24) is 0 Å². The maximum absolute atomic E-state index is 6.24. The maximum atomic E-state index is 6.24. The second kappa shape index (κ2) is 13.5. The molecule has 2 heteroatoms. The van der Waals surface area contributed by atoms with Crippen LogP contribution in [-0.2, 0) is 18.6 Å². The summed E-state index contributed by atoms with van der Waals surface area (Å²) in [5.41, 5.74) is 11.6. The molecule has 2 nitrogen and oxygen atoms in total. The van der Waals surface area contributed by atoms with E-state index in [0.29, 0.717) is 13.2 Å². The molecule has 0 saturated heterocycles. The highest BCUT2D eigenvalue weighted by atomic mass is 16.5. The first kappa shape index (κ1) is 32.3. The van der Waals surface area contributed by atoms with Crippen molar-refractivity contribution in [3.8, 4) is 22.6 Å². The van der Waals surface area contributed by atoms with Crippen molar-refractivity contribution in [2.75, 3.05) is 0 Å². The van der Waals surface area contributed by atoms with Gasteiger partial charge in [-0.3, -0.25) is 0 Å². The molecule has 0 fully saturated rings. The fraction of sp³-hybridized carbons (Fsp3) is 0.0588. The number of ether oxygens (including phenoxy) is 2. The lowest BCUT2D eigenvalue weighted by atomic mass is 9.67. The number of hydrogen-bond donors (Lipinski definition) is 0. The molecule has 0 aromatic heterocycles. The molecule has 9 rings (SSSR count). The molecule has 0 aliphatic heterocycles. The Labute approximate surface area is 310 Å². The van der Waals surface area contributed by atoms with Gasteiger partial charge in [0.1, 0.15) is 24.7 Å². The predicted octanol–water partition coefficient (Wildman–Crippen LogP) is 12.8. The van der Waals surface area contributed by atoms with Crippen molar-refractivity contribution in [1.29, 1.82) is 0 Å². The summed E-state index contributed by atoms with van der Waals surface area (Å²) >= 11 is 0. The van der Waals surface area contributed by atoms with Crippen molar-refractivity contribution < 1.29 is 9.47 Å². The third-order valence-electron chi connectivity index (χ3n) is 10.7. The van der Waals surface area contributed by atoms with Crippen LogP contribution < -0.4 is 9.47 Å². The molecule has 0 unspecified atom stereocenters. The first-order chi connectivity index (χ1) is 26.1. The number of benzene rings is 8. The topological polar surface area (TPSA) is 18.5 Å². The van der Waals surface area contributed by atoms with Gasteiger partial charge in [-0.2, -0.15) is 0 Å². The van der Waals surface area contributed by atoms with Crippen LogP contribution in [0.2, 0.25) is 0 Å². The Morgan fingerprint density at radius 2 is 0.811 bits per heavy atom. The van der Waals surface area contributed by atoms with Crippen molar-refractivity contribution in [2.45, 2.75) is 18.6 Å². The lowest BCUT2D eigenvalue weighted by molar-refractivity contribution is 0.306. The molecule has 0 heterocycles. The highest BCUT2D eigenvalue weighted by Gasteiger charge is 2.46. The van der Waals surface area contributed by atoms with Crippen LogP contribution in [0.4, 0.5) is 0 Å². The summed E-state index contributed by atoms with van der Waals surface area (Å²) < 4.78 is 12.5. The predicted molar refractivity (Wildman–Crippen MR) is 220 cm³/mol. The minimum absolute atomic E-state index is 0.505. The standard InChI is InChI=1S/C51H38O2/c1-3-35-13-17-37(18-14-35)33-52-45-27-23-39-29-43(25-21-41(39)31-45)51(49-11-7-5-9-47(49)48-10-6-8-12-50(48)51)44-26-22-42-32-46(28-24-40(42)30-44)53-34-38-19-15-36(4-2)16-20-38/h3-32H,1-2,33-34H2. The normalized spacial score (nSPS) is 12.6. The van der Waals surface area contributed by atoms with Gasteiger partial charge in [0.05, 0.1) is 5.41 Å². The summed E-state index contributed by atoms with van der Waals surface area (Å²) in [6.45, 7) is 8.73. The fourth-order valence-corrected chi connectivity index (χ4v) is 7.95. The van der Waals surface area contributed by atoms with Gasteiger partial charge in [0.2, 0.25) is 0 Å². The molecule has 0 bridgehead atoms. The number of fused-ring (bicyclic) bond motifs is 5. The Morgan fingerprint density at radius 1 is 0.415 bits per heavy atom. The van der Waals surface area contributed by atoms with Crippen LogP contribution in [0.3, 0.4) is 0 Å². The van der Waals surface area contributed by atoms with E-state index in [2.05, 4.69) is 183 Å². The average molecular weight is 683 g/mol. The van der Waals surface area contributed by atoms with Crippen LogP contribution in [0.25, 0.3) is 44.8 Å². The van der Waals surface area contributed by atoms with Gasteiger partial charge in [0, 0.05) is 0 Å². The molecular formula is C51H38O2. The number of rotatable bonds is 10. The van der Waals surface area contributed by atoms with Crippen LogP contribution in [0.15, 0.2) is 183 Å². The Morgan fingerprint density at radius 3 is 1.25 bits per heavy atom. The Hall–Kier alpha value is -6.64. The van der Waals surface area contributed by atoms with Gasteiger partial charge in [-0.05, 0) is 114 Å². The SMILES string of the molecule is C=Cc1ccc(COc2ccc3cc(C4(c5ccc6cc(OCc7ccc(C=C)cc7)ccc6c5)c5ccccc5-c5ccccc54)ccc3c2)cc1. The molecule has 0 N–H and O–H groups in total. The lowest BCUT2D eigenvalue weighted by Gasteiger charge is -2.34. The summed E-state index contributed by atoms with van der Waals surface area (Å²) in [5.74, 6) is 1.71. The van der Waals surface area contributed by atoms with Crippen LogP contribution in [0.1, 0.15) is 44.5 Å². The van der Waals surface area contributed by atoms with E-state index in [1.807, 2.05) is 12.2 Å². The van der Waals surface area contributed by atoms with E-state index >= 15 is 0 Å². The quantitative estimate of drug-likeness (QED) is 0.143. The van der Waals surface area contributed by atoms with Gasteiger partial charge in [-0.1, -0.05) is 159 Å². The van der Waals surface area contributed by atoms with Crippen LogP contribution in [0.5, 0.6) is 11.5 Å². The van der Waals surface area contributed by atoms with E-state index in [4.69, 9.17) is 9.47 Å². The Kier molecular flexibility index (Phi) is 8.21. The van der Waals surface area contributed by atoms with Crippen molar-refractivity contribution in [2.24, 2.45) is 0 Å². The molecular weight excluding hydrogens is 645 g/mol. The summed E-state index contributed by atoms with van der Waals surface area (Å²) in [7, 11) is 0. The van der Waals surface area contributed by atoms with Crippen molar-refractivity contribution in [3.63, 3.8) is 0 Å². The molecule has 1 aliphatic carbocycles. The minimum Gasteiger partial charge on any atom is -0.489 e. The van der Waals surface area contributed by atoms with E-state index in [1.54, 1.807) is 0 Å². The molecule has 1 aliphatic rings. The molecule has 0 atom stereocenters. The summed E-state index contributed by atoms with van der Waals surface area (Å²) in [6.07, 6.45) is 3.71. The molecule has 254 valence electrons. The summed E-state index contributed by atoms with van der Waals surface area (Å²) in [4.78, 5) is 0. The smallest absolute Gasteiger partial charge is 0.120 e. The molecule has 0 spiro atoms. The first-order valence-corrected chi connectivity index (χ1v) is 18.1. The molecule has 8 aromatic rings. The van der Waals surface area contributed by atoms with Gasteiger partial charge >= 0.3 is 0 Å². The second-order valence-electron chi connectivity index (χ2n) is 13.8. The van der Waals surface area contributed by atoms with Gasteiger partial charge in [0.15, 0.2) is 0 Å². The number of hydrogen-bond acceptors (Lipinski definition) is 2. The van der Waals surface area contributed by atoms with Gasteiger partial charge in [-0.25, -0.2) is 0 Å². The van der Waals surface area contributed by atoms with E-state index < -0.39 is 5.41 Å². The molecule has 0 saturated carbocycles. The fourth-order valence-electron chi connectivity index (χ4n) is 7.95. The zero-order valence-electron chi connectivity index (χ0n) is 29.5. The van der Waals surface area contributed by atoms with Crippen LogP contribution in [-0.4, -0.2) is 0 Å². The highest BCUT2D eigenvalue weighted by Crippen LogP contribution is 2.56. The van der Waals surface area contributed by atoms with Crippen LogP contribution >= 0.6 is 0 Å². The third-order valence-corrected chi connectivity index (χ3v) is 10.7. The largest absolute Gasteiger partial charge is 0.489 e. The van der Waals surface area contributed by atoms with Gasteiger partial charge in [0.25, 0.3) is 0 Å². The minimum atomic E-state index is -0.505. The van der Waals surface area contributed by atoms with E-state index in [0.717, 1.165) is 44.5 Å². The summed E-state index contributed by atoms with van der Waals surface area (Å²) in [5, 5.41) is 4.64. The monoisotopic (exact) mass is 682 g/mol. The van der Waals surface area contributed by atoms with Gasteiger partial charge in [-0.15, -0.1) is 0 Å². The van der Waals surface area contributed by atoms with Crippen molar-refractivity contribution >= 4 is 33.7 Å². The Bertz CT molecular complexity index is 2460. The summed E-state index contributed by atoms with van der Waals surface area (Å²) in [6, 6.07) is 61.1.